The molecule has 1 saturated heterocycles. The number of anilines is 1. The van der Waals surface area contributed by atoms with Gasteiger partial charge in [0.05, 0.1) is 13.2 Å². The van der Waals surface area contributed by atoms with Gasteiger partial charge in [-0.2, -0.15) is 0 Å². The van der Waals surface area contributed by atoms with Crippen LogP contribution in [0.25, 0.3) is 0 Å². The van der Waals surface area contributed by atoms with Crippen molar-refractivity contribution in [3.8, 4) is 5.75 Å². The second kappa shape index (κ2) is 5.30. The number of carbonyl (C=O) groups is 1. The van der Waals surface area contributed by atoms with E-state index in [1.165, 1.54) is 7.11 Å². The Kier molecular flexibility index (Phi) is 3.76. The number of carbonyl (C=O) groups excluding carboxylic acids is 1. The maximum Gasteiger partial charge on any atom is 0.241 e. The maximum absolute atomic E-state index is 13.4. The predicted molar refractivity (Wildman–Crippen MR) is 62.6 cm³/mol. The van der Waals surface area contributed by atoms with Crippen molar-refractivity contribution in [3.63, 3.8) is 0 Å². The van der Waals surface area contributed by atoms with Gasteiger partial charge >= 0.3 is 0 Å². The lowest BCUT2D eigenvalue weighted by atomic mass is 10.2. The number of methoxy groups -OCH3 is 1. The van der Waals surface area contributed by atoms with E-state index in [0.717, 1.165) is 31.5 Å². The summed E-state index contributed by atoms with van der Waals surface area (Å²) in [4.78, 5) is 11.7. The van der Waals surface area contributed by atoms with Gasteiger partial charge in [0.15, 0.2) is 17.4 Å². The molecule has 2 rings (SSSR count). The standard InChI is InChI=1S/C12H14F2N2O2/c1-18-11-8(13)5-7(6-9(11)14)16-12(17)10-3-2-4-15-10/h5-6,10,15H,2-4H2,1H3,(H,16,17). The van der Waals surface area contributed by atoms with Crippen molar-refractivity contribution in [2.45, 2.75) is 18.9 Å². The number of nitrogens with one attached hydrogen (secondary N) is 2. The van der Waals surface area contributed by atoms with Crippen LogP contribution in [0.5, 0.6) is 5.75 Å². The Balaban J connectivity index is 2.12. The molecule has 0 aromatic heterocycles. The summed E-state index contributed by atoms with van der Waals surface area (Å²) in [6, 6.07) is 1.78. The van der Waals surface area contributed by atoms with Crippen LogP contribution in [0.2, 0.25) is 0 Å². The first kappa shape index (κ1) is 12.8. The highest BCUT2D eigenvalue weighted by Gasteiger charge is 2.22. The molecule has 1 amide bonds. The Bertz CT molecular complexity index is 436. The lowest BCUT2D eigenvalue weighted by Crippen LogP contribution is -2.35. The largest absolute Gasteiger partial charge is 0.491 e. The monoisotopic (exact) mass is 256 g/mol. The molecule has 1 aliphatic rings. The van der Waals surface area contributed by atoms with Gasteiger partial charge < -0.3 is 15.4 Å². The zero-order chi connectivity index (χ0) is 13.1. The van der Waals surface area contributed by atoms with Crippen LogP contribution in [0, 0.1) is 11.6 Å². The van der Waals surface area contributed by atoms with Gasteiger partial charge in [-0.15, -0.1) is 0 Å². The molecule has 1 aromatic rings. The Morgan fingerprint density at radius 2 is 2.11 bits per heavy atom. The van der Waals surface area contributed by atoms with E-state index in [4.69, 9.17) is 0 Å². The average Bonchev–Trinajstić information content (AvgIpc) is 2.81. The fourth-order valence-electron chi connectivity index (χ4n) is 1.96. The first-order chi connectivity index (χ1) is 8.61. The number of amides is 1. The number of ether oxygens (including phenoxy) is 1. The van der Waals surface area contributed by atoms with Gasteiger partial charge in [0, 0.05) is 17.8 Å². The summed E-state index contributed by atoms with van der Waals surface area (Å²) in [5.74, 6) is -2.41. The highest BCUT2D eigenvalue weighted by atomic mass is 19.1. The van der Waals surface area contributed by atoms with Crippen molar-refractivity contribution < 1.29 is 18.3 Å². The molecule has 0 aliphatic carbocycles. The van der Waals surface area contributed by atoms with Crippen LogP contribution >= 0.6 is 0 Å². The van der Waals surface area contributed by atoms with Gasteiger partial charge in [-0.25, -0.2) is 8.78 Å². The van der Waals surface area contributed by atoms with Crippen molar-refractivity contribution in [3.05, 3.63) is 23.8 Å². The minimum Gasteiger partial charge on any atom is -0.491 e. The SMILES string of the molecule is COc1c(F)cc(NC(=O)C2CCCN2)cc1F. The van der Waals surface area contributed by atoms with Crippen LogP contribution in [0.15, 0.2) is 12.1 Å². The van der Waals surface area contributed by atoms with Gasteiger partial charge in [-0.1, -0.05) is 0 Å². The number of halogens is 2. The van der Waals surface area contributed by atoms with E-state index in [1.54, 1.807) is 0 Å². The first-order valence-corrected chi connectivity index (χ1v) is 5.69. The van der Waals surface area contributed by atoms with Gasteiger partial charge in [0.1, 0.15) is 0 Å². The second-order valence-electron chi connectivity index (χ2n) is 4.11. The molecule has 0 saturated carbocycles. The Labute approximate surface area is 103 Å². The van der Waals surface area contributed by atoms with E-state index in [9.17, 15) is 13.6 Å². The topological polar surface area (TPSA) is 50.4 Å². The molecule has 1 aromatic carbocycles. The number of rotatable bonds is 3. The number of benzene rings is 1. The summed E-state index contributed by atoms with van der Waals surface area (Å²) < 4.78 is 31.4. The van der Waals surface area contributed by atoms with Crippen molar-refractivity contribution in [2.75, 3.05) is 19.0 Å². The van der Waals surface area contributed by atoms with E-state index in [0.29, 0.717) is 0 Å². The Hall–Kier alpha value is -1.69. The third-order valence-corrected chi connectivity index (χ3v) is 2.85. The van der Waals surface area contributed by atoms with E-state index in [-0.39, 0.29) is 17.6 Å². The van der Waals surface area contributed by atoms with E-state index in [1.807, 2.05) is 0 Å². The quantitative estimate of drug-likeness (QED) is 0.864. The third-order valence-electron chi connectivity index (χ3n) is 2.85. The Morgan fingerprint density at radius 3 is 2.61 bits per heavy atom. The molecule has 1 unspecified atom stereocenters. The molecule has 1 heterocycles. The lowest BCUT2D eigenvalue weighted by molar-refractivity contribution is -0.117. The summed E-state index contributed by atoms with van der Waals surface area (Å²) in [6.45, 7) is 0.781. The zero-order valence-electron chi connectivity index (χ0n) is 9.93. The Morgan fingerprint density at radius 1 is 1.44 bits per heavy atom. The molecule has 1 atom stereocenters. The molecule has 0 bridgehead atoms. The molecule has 0 radical (unpaired) electrons. The highest BCUT2D eigenvalue weighted by Crippen LogP contribution is 2.25. The van der Waals surface area contributed by atoms with Crippen LogP contribution in [0.4, 0.5) is 14.5 Å². The summed E-state index contributed by atoms with van der Waals surface area (Å²) >= 11 is 0. The molecule has 0 spiro atoms. The minimum absolute atomic E-state index is 0.0875. The van der Waals surface area contributed by atoms with E-state index < -0.39 is 17.4 Å². The molecule has 6 heteroatoms. The molecule has 2 N–H and O–H groups in total. The van der Waals surface area contributed by atoms with Crippen molar-refractivity contribution >= 4 is 11.6 Å². The van der Waals surface area contributed by atoms with Crippen LogP contribution in [-0.4, -0.2) is 25.6 Å². The van der Waals surface area contributed by atoms with Gasteiger partial charge in [-0.3, -0.25) is 4.79 Å². The molecule has 1 fully saturated rings. The third kappa shape index (κ3) is 2.59. The normalized spacial score (nSPS) is 18.7. The molecular weight excluding hydrogens is 242 g/mol. The van der Waals surface area contributed by atoms with Gasteiger partial charge in [0.2, 0.25) is 5.91 Å². The van der Waals surface area contributed by atoms with Gasteiger partial charge in [0.25, 0.3) is 0 Å². The predicted octanol–water partition coefficient (Wildman–Crippen LogP) is 1.66. The summed E-state index contributed by atoms with van der Waals surface area (Å²) in [5, 5.41) is 5.48. The minimum atomic E-state index is -0.841. The molecule has 4 nitrogen and oxygen atoms in total. The maximum atomic E-state index is 13.4. The van der Waals surface area contributed by atoms with Crippen LogP contribution in [0.1, 0.15) is 12.8 Å². The highest BCUT2D eigenvalue weighted by molar-refractivity contribution is 5.95. The zero-order valence-corrected chi connectivity index (χ0v) is 9.93. The van der Waals surface area contributed by atoms with Crippen LogP contribution < -0.4 is 15.4 Å². The summed E-state index contributed by atoms with van der Waals surface area (Å²) in [7, 11) is 1.18. The molecule has 98 valence electrons. The van der Waals surface area contributed by atoms with Crippen molar-refractivity contribution in [2.24, 2.45) is 0 Å². The van der Waals surface area contributed by atoms with Crippen LogP contribution in [0.3, 0.4) is 0 Å². The van der Waals surface area contributed by atoms with E-state index in [2.05, 4.69) is 15.4 Å². The smallest absolute Gasteiger partial charge is 0.241 e. The number of hydrogen-bond acceptors (Lipinski definition) is 3. The van der Waals surface area contributed by atoms with Crippen molar-refractivity contribution in [1.29, 1.82) is 0 Å². The van der Waals surface area contributed by atoms with Gasteiger partial charge in [-0.05, 0) is 19.4 Å². The number of hydrogen-bond donors (Lipinski definition) is 2. The van der Waals surface area contributed by atoms with Crippen LogP contribution in [-0.2, 0) is 4.79 Å². The summed E-state index contributed by atoms with van der Waals surface area (Å²) in [6.07, 6.45) is 1.65. The molecule has 1 aliphatic heterocycles. The fourth-order valence-corrected chi connectivity index (χ4v) is 1.96. The van der Waals surface area contributed by atoms with Crippen molar-refractivity contribution in [1.82, 2.24) is 5.32 Å². The molecular formula is C12H14F2N2O2. The van der Waals surface area contributed by atoms with E-state index >= 15 is 0 Å². The first-order valence-electron chi connectivity index (χ1n) is 5.69. The fraction of sp³-hybridized carbons (Fsp3) is 0.417. The second-order valence-corrected chi connectivity index (χ2v) is 4.11. The molecule has 18 heavy (non-hydrogen) atoms. The lowest BCUT2D eigenvalue weighted by Gasteiger charge is -2.12. The summed E-state index contributed by atoms with van der Waals surface area (Å²) in [5.41, 5.74) is 0.0875. The average molecular weight is 256 g/mol.